The first kappa shape index (κ1) is 15.7. The van der Waals surface area contributed by atoms with Crippen molar-refractivity contribution in [2.24, 2.45) is 0 Å². The monoisotopic (exact) mass is 319 g/mol. The molecule has 0 heterocycles. The van der Waals surface area contributed by atoms with E-state index in [2.05, 4.69) is 5.32 Å². The average molecular weight is 319 g/mol. The van der Waals surface area contributed by atoms with Gasteiger partial charge in [-0.25, -0.2) is 4.79 Å². The second-order valence-corrected chi connectivity index (χ2v) is 5.36. The molecule has 120 valence electrons. The molecule has 0 amide bonds. The minimum Gasteiger partial charge on any atom is -0.454 e. The van der Waals surface area contributed by atoms with Gasteiger partial charge in [0.05, 0.1) is 5.56 Å². The molecule has 0 aliphatic rings. The van der Waals surface area contributed by atoms with Gasteiger partial charge in [-0.3, -0.25) is 4.79 Å². The third kappa shape index (κ3) is 3.27. The van der Waals surface area contributed by atoms with E-state index in [1.54, 1.807) is 31.3 Å². The second kappa shape index (κ2) is 6.96. The number of Topliss-reactive ketones (excluding diaryl/α,β-unsaturated/α-hetero) is 1. The maximum absolute atomic E-state index is 12.3. The zero-order valence-electron chi connectivity index (χ0n) is 13.3. The summed E-state index contributed by atoms with van der Waals surface area (Å²) in [5.41, 5.74) is 1.61. The first-order valence-electron chi connectivity index (χ1n) is 7.65. The Morgan fingerprint density at radius 3 is 2.42 bits per heavy atom. The number of benzene rings is 3. The average Bonchev–Trinajstić information content (AvgIpc) is 2.65. The van der Waals surface area contributed by atoms with Crippen molar-refractivity contribution in [1.82, 2.24) is 0 Å². The lowest BCUT2D eigenvalue weighted by molar-refractivity contribution is 0.0476. The number of carbonyl (C=O) groups excluding carboxylic acids is 2. The molecule has 0 fully saturated rings. The molecule has 0 aliphatic carbocycles. The van der Waals surface area contributed by atoms with Crippen molar-refractivity contribution >= 4 is 28.2 Å². The Kier molecular flexibility index (Phi) is 4.57. The summed E-state index contributed by atoms with van der Waals surface area (Å²) in [5, 5.41) is 4.98. The van der Waals surface area contributed by atoms with Gasteiger partial charge in [0.15, 0.2) is 12.4 Å². The van der Waals surface area contributed by atoms with Crippen LogP contribution < -0.4 is 5.32 Å². The number of hydrogen-bond donors (Lipinski definition) is 1. The first-order chi connectivity index (χ1) is 11.7. The highest BCUT2D eigenvalue weighted by Gasteiger charge is 2.14. The molecule has 1 N–H and O–H groups in total. The topological polar surface area (TPSA) is 55.4 Å². The molecule has 4 nitrogen and oxygen atoms in total. The van der Waals surface area contributed by atoms with Crippen LogP contribution in [0.15, 0.2) is 66.7 Å². The predicted molar refractivity (Wildman–Crippen MR) is 94.5 cm³/mol. The summed E-state index contributed by atoms with van der Waals surface area (Å²) < 4.78 is 5.17. The smallest absolute Gasteiger partial charge is 0.340 e. The van der Waals surface area contributed by atoms with Crippen molar-refractivity contribution in [3.63, 3.8) is 0 Å². The van der Waals surface area contributed by atoms with Crippen molar-refractivity contribution < 1.29 is 14.3 Å². The lowest BCUT2D eigenvalue weighted by Gasteiger charge is -2.09. The maximum atomic E-state index is 12.3. The summed E-state index contributed by atoms with van der Waals surface area (Å²) in [4.78, 5) is 24.4. The van der Waals surface area contributed by atoms with E-state index in [4.69, 9.17) is 4.74 Å². The Labute approximate surface area is 140 Å². The number of para-hydroxylation sites is 1. The van der Waals surface area contributed by atoms with Gasteiger partial charge in [-0.2, -0.15) is 0 Å². The van der Waals surface area contributed by atoms with E-state index in [0.717, 1.165) is 10.8 Å². The molecule has 0 spiro atoms. The Balaban J connectivity index is 1.71. The van der Waals surface area contributed by atoms with E-state index in [9.17, 15) is 9.59 Å². The van der Waals surface area contributed by atoms with E-state index in [0.29, 0.717) is 16.8 Å². The number of esters is 1. The number of ketones is 1. The van der Waals surface area contributed by atoms with E-state index >= 15 is 0 Å². The molecule has 0 bridgehead atoms. The first-order valence-corrected chi connectivity index (χ1v) is 7.65. The highest BCUT2D eigenvalue weighted by atomic mass is 16.5. The van der Waals surface area contributed by atoms with Crippen LogP contribution in [0.5, 0.6) is 0 Å². The standard InChI is InChI=1S/C20H17NO3/c1-21-18-9-5-4-8-17(18)20(23)24-13-19(22)16-11-10-14-6-2-3-7-15(14)12-16/h2-12,21H,13H2,1H3. The van der Waals surface area contributed by atoms with E-state index in [-0.39, 0.29) is 12.4 Å². The highest BCUT2D eigenvalue weighted by molar-refractivity contribution is 6.03. The fourth-order valence-corrected chi connectivity index (χ4v) is 2.53. The molecule has 0 saturated carbocycles. The fraction of sp³-hybridized carbons (Fsp3) is 0.100. The van der Waals surface area contributed by atoms with Crippen molar-refractivity contribution in [3.8, 4) is 0 Å². The second-order valence-electron chi connectivity index (χ2n) is 5.36. The molecule has 0 aromatic heterocycles. The Hall–Kier alpha value is -3.14. The van der Waals surface area contributed by atoms with Crippen molar-refractivity contribution in [2.45, 2.75) is 0 Å². The van der Waals surface area contributed by atoms with Gasteiger partial charge < -0.3 is 10.1 Å². The van der Waals surface area contributed by atoms with Crippen LogP contribution in [0.4, 0.5) is 5.69 Å². The summed E-state index contributed by atoms with van der Waals surface area (Å²) in [5.74, 6) is -0.745. The van der Waals surface area contributed by atoms with Gasteiger partial charge in [0, 0.05) is 18.3 Å². The van der Waals surface area contributed by atoms with Gasteiger partial charge >= 0.3 is 5.97 Å². The van der Waals surface area contributed by atoms with Crippen molar-refractivity contribution in [3.05, 3.63) is 77.9 Å². The quantitative estimate of drug-likeness (QED) is 0.572. The van der Waals surface area contributed by atoms with E-state index < -0.39 is 5.97 Å². The molecule has 3 aromatic carbocycles. The predicted octanol–water partition coefficient (Wildman–Crippen LogP) is 3.92. The molecule has 3 aromatic rings. The molecule has 0 saturated heterocycles. The minimum atomic E-state index is -0.519. The van der Waals surface area contributed by atoms with Crippen LogP contribution in [0, 0.1) is 0 Å². The number of nitrogens with one attached hydrogen (secondary N) is 1. The van der Waals surface area contributed by atoms with E-state index in [1.165, 1.54) is 0 Å². The van der Waals surface area contributed by atoms with Crippen molar-refractivity contribution in [2.75, 3.05) is 19.0 Å². The van der Waals surface area contributed by atoms with Crippen molar-refractivity contribution in [1.29, 1.82) is 0 Å². The minimum absolute atomic E-state index is 0.226. The van der Waals surface area contributed by atoms with Gasteiger partial charge in [0.25, 0.3) is 0 Å². The van der Waals surface area contributed by atoms with Gasteiger partial charge in [-0.15, -0.1) is 0 Å². The molecular formula is C20H17NO3. The third-order valence-corrected chi connectivity index (χ3v) is 3.82. The summed E-state index contributed by atoms with van der Waals surface area (Å²) in [6.45, 7) is -0.283. The lowest BCUT2D eigenvalue weighted by Crippen LogP contribution is -2.15. The van der Waals surface area contributed by atoms with E-state index in [1.807, 2.05) is 42.5 Å². The molecular weight excluding hydrogens is 302 g/mol. The Morgan fingerprint density at radius 1 is 0.917 bits per heavy atom. The summed E-state index contributed by atoms with van der Waals surface area (Å²) in [6, 6.07) is 20.3. The lowest BCUT2D eigenvalue weighted by atomic mass is 10.0. The molecule has 0 radical (unpaired) electrons. The van der Waals surface area contributed by atoms with Crippen LogP contribution in [-0.4, -0.2) is 25.4 Å². The number of ether oxygens (including phenoxy) is 1. The number of rotatable bonds is 5. The number of hydrogen-bond acceptors (Lipinski definition) is 4. The van der Waals surface area contributed by atoms with Gasteiger partial charge in [0.2, 0.25) is 0 Å². The van der Waals surface area contributed by atoms with Gasteiger partial charge in [-0.1, -0.05) is 48.5 Å². The van der Waals surface area contributed by atoms with Crippen LogP contribution >= 0.6 is 0 Å². The largest absolute Gasteiger partial charge is 0.454 e. The summed E-state index contributed by atoms with van der Waals surface area (Å²) >= 11 is 0. The SMILES string of the molecule is CNc1ccccc1C(=O)OCC(=O)c1ccc2ccccc2c1. The molecule has 0 aliphatic heterocycles. The third-order valence-electron chi connectivity index (χ3n) is 3.82. The maximum Gasteiger partial charge on any atom is 0.340 e. The Bertz CT molecular complexity index is 902. The fourth-order valence-electron chi connectivity index (χ4n) is 2.53. The van der Waals surface area contributed by atoms with Crippen LogP contribution in [0.3, 0.4) is 0 Å². The number of carbonyl (C=O) groups is 2. The van der Waals surface area contributed by atoms with Crippen LogP contribution in [0.2, 0.25) is 0 Å². The molecule has 3 rings (SSSR count). The zero-order chi connectivity index (χ0) is 16.9. The normalized spacial score (nSPS) is 10.4. The molecule has 0 atom stereocenters. The Morgan fingerprint density at radius 2 is 1.62 bits per heavy atom. The summed E-state index contributed by atoms with van der Waals surface area (Å²) in [7, 11) is 1.73. The number of fused-ring (bicyclic) bond motifs is 1. The molecule has 4 heteroatoms. The highest BCUT2D eigenvalue weighted by Crippen LogP contribution is 2.17. The molecule has 0 unspecified atom stereocenters. The van der Waals surface area contributed by atoms with Gasteiger partial charge in [-0.05, 0) is 29.0 Å². The number of anilines is 1. The van der Waals surface area contributed by atoms with Gasteiger partial charge in [0.1, 0.15) is 0 Å². The van der Waals surface area contributed by atoms with Crippen LogP contribution in [0.1, 0.15) is 20.7 Å². The van der Waals surface area contributed by atoms with Crippen LogP contribution in [0.25, 0.3) is 10.8 Å². The molecule has 24 heavy (non-hydrogen) atoms. The van der Waals surface area contributed by atoms with Crippen LogP contribution in [-0.2, 0) is 4.74 Å². The summed E-state index contributed by atoms with van der Waals surface area (Å²) in [6.07, 6.45) is 0. The zero-order valence-corrected chi connectivity index (χ0v) is 13.3.